The predicted octanol–water partition coefficient (Wildman–Crippen LogP) is 4.49. The third-order valence-electron chi connectivity index (χ3n) is 4.65. The summed E-state index contributed by atoms with van der Waals surface area (Å²) in [6.45, 7) is 9.92. The van der Waals surface area contributed by atoms with E-state index < -0.39 is 6.10 Å². The molecule has 1 aliphatic heterocycles. The second-order valence-electron chi connectivity index (χ2n) is 7.74. The van der Waals surface area contributed by atoms with Crippen molar-refractivity contribution in [3.05, 3.63) is 59.2 Å². The molecule has 1 amide bonds. The minimum atomic E-state index is -0.572. The molecule has 26 heavy (non-hydrogen) atoms. The Morgan fingerprint density at radius 1 is 1.15 bits per heavy atom. The maximum atomic E-state index is 12.7. The Kier molecular flexibility index (Phi) is 4.94. The van der Waals surface area contributed by atoms with Crippen LogP contribution in [0.5, 0.6) is 11.5 Å². The van der Waals surface area contributed by atoms with Crippen molar-refractivity contribution in [2.45, 2.75) is 58.8 Å². The molecule has 0 fully saturated rings. The Morgan fingerprint density at radius 3 is 2.50 bits per heavy atom. The lowest BCUT2D eigenvalue weighted by atomic mass is 9.89. The molecular formula is C22H27NO3. The number of carbonyl (C=O) groups excluding carboxylic acids is 1. The number of hydrogen-bond acceptors (Lipinski definition) is 3. The van der Waals surface area contributed by atoms with Gasteiger partial charge in [-0.3, -0.25) is 4.79 Å². The zero-order valence-corrected chi connectivity index (χ0v) is 16.1. The first kappa shape index (κ1) is 18.3. The van der Waals surface area contributed by atoms with E-state index >= 15 is 0 Å². The van der Waals surface area contributed by atoms with Crippen LogP contribution in [-0.4, -0.2) is 17.6 Å². The van der Waals surface area contributed by atoms with Crippen molar-refractivity contribution < 1.29 is 14.3 Å². The van der Waals surface area contributed by atoms with E-state index in [1.54, 1.807) is 6.92 Å². The number of amides is 1. The number of ether oxygens (including phenoxy) is 2. The van der Waals surface area contributed by atoms with Crippen molar-refractivity contribution in [2.24, 2.45) is 0 Å². The van der Waals surface area contributed by atoms with Crippen molar-refractivity contribution >= 4 is 5.91 Å². The van der Waals surface area contributed by atoms with E-state index in [9.17, 15) is 4.79 Å². The van der Waals surface area contributed by atoms with Gasteiger partial charge in [-0.25, -0.2) is 0 Å². The molecule has 2 atom stereocenters. The minimum Gasteiger partial charge on any atom is -0.487 e. The fourth-order valence-corrected chi connectivity index (χ4v) is 3.25. The average molecular weight is 353 g/mol. The Labute approximate surface area is 155 Å². The van der Waals surface area contributed by atoms with Crippen LogP contribution < -0.4 is 14.8 Å². The smallest absolute Gasteiger partial charge is 0.261 e. The first-order chi connectivity index (χ1) is 12.2. The number of hydrogen-bond donors (Lipinski definition) is 1. The summed E-state index contributed by atoms with van der Waals surface area (Å²) in [7, 11) is 0. The van der Waals surface area contributed by atoms with Crippen LogP contribution in [0, 0.1) is 13.8 Å². The van der Waals surface area contributed by atoms with Crippen LogP contribution in [0.25, 0.3) is 0 Å². The van der Waals surface area contributed by atoms with Gasteiger partial charge in [-0.05, 0) is 58.4 Å². The standard InChI is InChI=1S/C22H27NO3/c1-14-6-9-17(10-7-14)25-16(3)21(24)23-19-13-22(4,5)26-20-12-15(2)8-11-18(19)20/h6-12,16,19H,13H2,1-5H3,(H,23,24)/t16-,19+/m1/s1. The fourth-order valence-electron chi connectivity index (χ4n) is 3.25. The number of carbonyl (C=O) groups is 1. The summed E-state index contributed by atoms with van der Waals surface area (Å²) in [4.78, 5) is 12.7. The molecule has 0 saturated heterocycles. The van der Waals surface area contributed by atoms with E-state index in [4.69, 9.17) is 9.47 Å². The lowest BCUT2D eigenvalue weighted by molar-refractivity contribution is -0.128. The largest absolute Gasteiger partial charge is 0.487 e. The van der Waals surface area contributed by atoms with Crippen LogP contribution >= 0.6 is 0 Å². The summed E-state index contributed by atoms with van der Waals surface area (Å²) in [5.41, 5.74) is 2.99. The summed E-state index contributed by atoms with van der Waals surface area (Å²) in [6, 6.07) is 13.7. The van der Waals surface area contributed by atoms with Crippen LogP contribution in [0.1, 0.15) is 49.9 Å². The molecule has 0 bridgehead atoms. The average Bonchev–Trinajstić information content (AvgIpc) is 2.55. The van der Waals surface area contributed by atoms with E-state index in [1.807, 2.05) is 70.2 Å². The highest BCUT2D eigenvalue weighted by Gasteiger charge is 2.35. The van der Waals surface area contributed by atoms with E-state index in [2.05, 4.69) is 5.32 Å². The SMILES string of the molecule is Cc1ccc(O[C@H](C)C(=O)N[C@H]2CC(C)(C)Oc3cc(C)ccc32)cc1. The van der Waals surface area contributed by atoms with Crippen molar-refractivity contribution in [1.82, 2.24) is 5.32 Å². The van der Waals surface area contributed by atoms with Gasteiger partial charge in [0.2, 0.25) is 0 Å². The minimum absolute atomic E-state index is 0.0917. The molecule has 1 aliphatic rings. The van der Waals surface area contributed by atoms with Crippen LogP contribution in [0.4, 0.5) is 0 Å². The molecular weight excluding hydrogens is 326 g/mol. The van der Waals surface area contributed by atoms with E-state index in [1.165, 1.54) is 0 Å². The summed E-state index contributed by atoms with van der Waals surface area (Å²) >= 11 is 0. The van der Waals surface area contributed by atoms with Gasteiger partial charge in [0.15, 0.2) is 6.10 Å². The Hall–Kier alpha value is -2.49. The quantitative estimate of drug-likeness (QED) is 0.881. The van der Waals surface area contributed by atoms with E-state index in [-0.39, 0.29) is 17.6 Å². The Morgan fingerprint density at radius 2 is 1.81 bits per heavy atom. The van der Waals surface area contributed by atoms with Gasteiger partial charge in [0, 0.05) is 12.0 Å². The first-order valence-corrected chi connectivity index (χ1v) is 9.07. The van der Waals surface area contributed by atoms with Gasteiger partial charge in [-0.15, -0.1) is 0 Å². The second-order valence-corrected chi connectivity index (χ2v) is 7.74. The van der Waals surface area contributed by atoms with Gasteiger partial charge < -0.3 is 14.8 Å². The van der Waals surface area contributed by atoms with Crippen molar-refractivity contribution in [2.75, 3.05) is 0 Å². The molecule has 2 aromatic rings. The molecule has 0 spiro atoms. The molecule has 0 aromatic heterocycles. The Balaban J connectivity index is 1.73. The van der Waals surface area contributed by atoms with Crippen LogP contribution in [0.2, 0.25) is 0 Å². The fraction of sp³-hybridized carbons (Fsp3) is 0.409. The zero-order valence-electron chi connectivity index (χ0n) is 16.1. The molecule has 4 heteroatoms. The van der Waals surface area contributed by atoms with Crippen LogP contribution in [-0.2, 0) is 4.79 Å². The molecule has 1 N–H and O–H groups in total. The molecule has 0 aliphatic carbocycles. The molecule has 2 aromatic carbocycles. The molecule has 0 saturated carbocycles. The van der Waals surface area contributed by atoms with Gasteiger partial charge in [-0.1, -0.05) is 29.8 Å². The van der Waals surface area contributed by atoms with Gasteiger partial charge in [0.25, 0.3) is 5.91 Å². The normalized spacial score (nSPS) is 19.0. The van der Waals surface area contributed by atoms with E-state index in [0.717, 1.165) is 22.4 Å². The van der Waals surface area contributed by atoms with Crippen LogP contribution in [0.3, 0.4) is 0 Å². The van der Waals surface area contributed by atoms with Gasteiger partial charge in [0.1, 0.15) is 17.1 Å². The number of nitrogens with one attached hydrogen (secondary N) is 1. The third kappa shape index (κ3) is 4.18. The van der Waals surface area contributed by atoms with Gasteiger partial charge in [0.05, 0.1) is 6.04 Å². The van der Waals surface area contributed by atoms with Crippen molar-refractivity contribution in [3.63, 3.8) is 0 Å². The molecule has 0 unspecified atom stereocenters. The maximum Gasteiger partial charge on any atom is 0.261 e. The summed E-state index contributed by atoms with van der Waals surface area (Å²) in [6.07, 6.45) is 0.143. The number of fused-ring (bicyclic) bond motifs is 1. The topological polar surface area (TPSA) is 47.6 Å². The second kappa shape index (κ2) is 7.02. The van der Waals surface area contributed by atoms with Crippen molar-refractivity contribution in [1.29, 1.82) is 0 Å². The van der Waals surface area contributed by atoms with Gasteiger partial charge >= 0.3 is 0 Å². The molecule has 0 radical (unpaired) electrons. The summed E-state index contributed by atoms with van der Waals surface area (Å²) in [5, 5.41) is 3.14. The highest BCUT2D eigenvalue weighted by Crippen LogP contribution is 2.39. The van der Waals surface area contributed by atoms with E-state index in [0.29, 0.717) is 12.2 Å². The zero-order chi connectivity index (χ0) is 18.9. The molecule has 138 valence electrons. The molecule has 3 rings (SSSR count). The first-order valence-electron chi connectivity index (χ1n) is 9.07. The monoisotopic (exact) mass is 353 g/mol. The summed E-state index contributed by atoms with van der Waals surface area (Å²) < 4.78 is 11.9. The Bertz CT molecular complexity index is 796. The number of aryl methyl sites for hydroxylation is 2. The lowest BCUT2D eigenvalue weighted by Crippen LogP contribution is -2.44. The third-order valence-corrected chi connectivity index (χ3v) is 4.65. The summed E-state index contributed by atoms with van der Waals surface area (Å²) in [5.74, 6) is 1.42. The van der Waals surface area contributed by atoms with Gasteiger partial charge in [-0.2, -0.15) is 0 Å². The predicted molar refractivity (Wildman–Crippen MR) is 103 cm³/mol. The highest BCUT2D eigenvalue weighted by atomic mass is 16.5. The number of benzene rings is 2. The van der Waals surface area contributed by atoms with Crippen LogP contribution in [0.15, 0.2) is 42.5 Å². The number of rotatable bonds is 4. The highest BCUT2D eigenvalue weighted by molar-refractivity contribution is 5.81. The molecule has 4 nitrogen and oxygen atoms in total. The lowest BCUT2D eigenvalue weighted by Gasteiger charge is -2.38. The van der Waals surface area contributed by atoms with Crippen molar-refractivity contribution in [3.8, 4) is 11.5 Å². The molecule has 1 heterocycles. The maximum absolute atomic E-state index is 12.7.